The molecule has 0 atom stereocenters. The molecule has 0 unspecified atom stereocenters. The van der Waals surface area contributed by atoms with E-state index in [2.05, 4.69) is 10.1 Å². The van der Waals surface area contributed by atoms with Crippen LogP contribution in [0.5, 0.6) is 5.75 Å². The molecule has 0 fully saturated rings. The van der Waals surface area contributed by atoms with E-state index >= 15 is 0 Å². The fourth-order valence-corrected chi connectivity index (χ4v) is 3.39. The van der Waals surface area contributed by atoms with Crippen LogP contribution in [0.1, 0.15) is 15.9 Å². The summed E-state index contributed by atoms with van der Waals surface area (Å²) < 4.78 is 30.5. The summed E-state index contributed by atoms with van der Waals surface area (Å²) in [4.78, 5) is 15.4. The number of carboxylic acid groups (broad SMARTS) is 1. The predicted molar refractivity (Wildman–Crippen MR) is 120 cm³/mol. The molecule has 33 heavy (non-hydrogen) atoms. The molecule has 8 heteroatoms. The lowest BCUT2D eigenvalue weighted by Crippen LogP contribution is -2.05. The van der Waals surface area contributed by atoms with Crippen molar-refractivity contribution in [2.45, 2.75) is 6.92 Å². The van der Waals surface area contributed by atoms with Gasteiger partial charge < -0.3 is 19.1 Å². The zero-order valence-electron chi connectivity index (χ0n) is 18.0. The quantitative estimate of drug-likeness (QED) is 0.368. The van der Waals surface area contributed by atoms with Crippen LogP contribution >= 0.6 is 0 Å². The molecule has 0 aliphatic rings. The molecule has 0 amide bonds. The molecule has 0 spiro atoms. The van der Waals surface area contributed by atoms with Crippen LogP contribution in [-0.2, 0) is 4.74 Å². The van der Waals surface area contributed by atoms with E-state index in [1.165, 1.54) is 12.1 Å². The molecule has 0 aliphatic heterocycles. The second kappa shape index (κ2) is 9.62. The fourth-order valence-electron chi connectivity index (χ4n) is 3.39. The minimum Gasteiger partial charge on any atom is -0.491 e. The Morgan fingerprint density at radius 2 is 1.82 bits per heavy atom. The van der Waals surface area contributed by atoms with Gasteiger partial charge in [0.25, 0.3) is 5.89 Å². The molecule has 1 heterocycles. The highest BCUT2D eigenvalue weighted by atomic mass is 19.1. The normalized spacial score (nSPS) is 10.9. The number of nitrogens with zero attached hydrogens (tertiary/aromatic N) is 2. The van der Waals surface area contributed by atoms with Crippen LogP contribution in [-0.4, -0.2) is 41.5 Å². The molecule has 168 valence electrons. The van der Waals surface area contributed by atoms with Gasteiger partial charge in [-0.25, -0.2) is 9.18 Å². The molecule has 4 aromatic rings. The molecule has 0 bridgehead atoms. The maximum atomic E-state index is 14.1. The smallest absolute Gasteiger partial charge is 0.338 e. The Bertz CT molecular complexity index is 1300. The highest BCUT2D eigenvalue weighted by Crippen LogP contribution is 2.36. The summed E-state index contributed by atoms with van der Waals surface area (Å²) in [6, 6.07) is 17.2. The van der Waals surface area contributed by atoms with E-state index in [1.54, 1.807) is 7.11 Å². The van der Waals surface area contributed by atoms with E-state index < -0.39 is 17.3 Å². The molecule has 3 aromatic carbocycles. The highest BCUT2D eigenvalue weighted by molar-refractivity contribution is 5.88. The highest BCUT2D eigenvalue weighted by Gasteiger charge is 2.17. The van der Waals surface area contributed by atoms with Crippen molar-refractivity contribution in [3.63, 3.8) is 0 Å². The summed E-state index contributed by atoms with van der Waals surface area (Å²) in [5.74, 6) is -1.22. The van der Waals surface area contributed by atoms with Gasteiger partial charge in [0, 0.05) is 23.8 Å². The van der Waals surface area contributed by atoms with Gasteiger partial charge >= 0.3 is 5.97 Å². The van der Waals surface area contributed by atoms with Crippen LogP contribution in [0, 0.1) is 12.7 Å². The number of methoxy groups -OCH3 is 1. The van der Waals surface area contributed by atoms with Gasteiger partial charge in [-0.15, -0.1) is 0 Å². The van der Waals surface area contributed by atoms with E-state index in [4.69, 9.17) is 19.1 Å². The SMILES string of the molecule is COCCOc1cc(-c2nc(-c3ccc(C(=O)O)c(F)c3)no2)ccc1-c1ccccc1C. The van der Waals surface area contributed by atoms with E-state index in [0.29, 0.717) is 30.1 Å². The molecule has 4 rings (SSSR count). The number of hydrogen-bond acceptors (Lipinski definition) is 6. The lowest BCUT2D eigenvalue weighted by Gasteiger charge is -2.14. The first-order valence-corrected chi connectivity index (χ1v) is 10.2. The van der Waals surface area contributed by atoms with Crippen molar-refractivity contribution in [1.82, 2.24) is 10.1 Å². The monoisotopic (exact) mass is 448 g/mol. The van der Waals surface area contributed by atoms with E-state index in [1.807, 2.05) is 49.4 Å². The average Bonchev–Trinajstić information content (AvgIpc) is 3.30. The van der Waals surface area contributed by atoms with Crippen LogP contribution in [0.4, 0.5) is 4.39 Å². The maximum absolute atomic E-state index is 14.1. The molecule has 0 saturated heterocycles. The molecule has 7 nitrogen and oxygen atoms in total. The number of carbonyl (C=O) groups is 1. The Kier molecular flexibility index (Phi) is 6.46. The van der Waals surface area contributed by atoms with Crippen molar-refractivity contribution < 1.29 is 28.3 Å². The third kappa shape index (κ3) is 4.75. The molecule has 0 radical (unpaired) electrons. The Hall–Kier alpha value is -4.04. The Labute approximate surface area is 189 Å². The third-order valence-corrected chi connectivity index (χ3v) is 5.09. The molecule has 1 N–H and O–H groups in total. The van der Waals surface area contributed by atoms with E-state index in [0.717, 1.165) is 22.8 Å². The van der Waals surface area contributed by atoms with Crippen LogP contribution < -0.4 is 4.74 Å². The summed E-state index contributed by atoms with van der Waals surface area (Å²) in [5, 5.41) is 12.9. The number of aryl methyl sites for hydroxylation is 1. The van der Waals surface area contributed by atoms with Gasteiger partial charge in [-0.05, 0) is 54.4 Å². The number of ether oxygens (including phenoxy) is 2. The Balaban J connectivity index is 1.69. The standard InChI is InChI=1S/C25H21FN2O5/c1-15-5-3-4-6-18(15)19-9-8-17(14-22(19)32-12-11-31-2)24-27-23(28-33-24)16-7-10-20(25(29)30)21(26)13-16/h3-10,13-14H,11-12H2,1-2H3,(H,29,30). The topological polar surface area (TPSA) is 94.7 Å². The Morgan fingerprint density at radius 1 is 1.03 bits per heavy atom. The second-order valence-corrected chi connectivity index (χ2v) is 7.29. The molecular formula is C25H21FN2O5. The first kappa shape index (κ1) is 22.2. The molecule has 1 aromatic heterocycles. The van der Waals surface area contributed by atoms with Gasteiger partial charge in [0.2, 0.25) is 5.82 Å². The number of carboxylic acids is 1. The number of halogens is 1. The lowest BCUT2D eigenvalue weighted by atomic mass is 9.98. The molecular weight excluding hydrogens is 427 g/mol. The van der Waals surface area contributed by atoms with Gasteiger partial charge in [0.05, 0.1) is 12.2 Å². The van der Waals surface area contributed by atoms with Crippen molar-refractivity contribution in [2.75, 3.05) is 20.3 Å². The summed E-state index contributed by atoms with van der Waals surface area (Å²) in [6.45, 7) is 2.82. The zero-order valence-corrected chi connectivity index (χ0v) is 18.0. The zero-order chi connectivity index (χ0) is 23.4. The van der Waals surface area contributed by atoms with Gasteiger partial charge in [-0.2, -0.15) is 4.98 Å². The van der Waals surface area contributed by atoms with Gasteiger partial charge in [-0.3, -0.25) is 0 Å². The van der Waals surface area contributed by atoms with Crippen molar-refractivity contribution in [1.29, 1.82) is 0 Å². The van der Waals surface area contributed by atoms with Crippen LogP contribution in [0.15, 0.2) is 65.2 Å². The predicted octanol–water partition coefficient (Wildman–Crippen LogP) is 5.24. The van der Waals surface area contributed by atoms with Gasteiger partial charge in [0.15, 0.2) is 0 Å². The van der Waals surface area contributed by atoms with Crippen LogP contribution in [0.2, 0.25) is 0 Å². The number of aromatic nitrogens is 2. The van der Waals surface area contributed by atoms with E-state index in [-0.39, 0.29) is 11.7 Å². The van der Waals surface area contributed by atoms with Crippen molar-refractivity contribution >= 4 is 5.97 Å². The Morgan fingerprint density at radius 3 is 2.55 bits per heavy atom. The maximum Gasteiger partial charge on any atom is 0.338 e. The van der Waals surface area contributed by atoms with Crippen LogP contribution in [0.25, 0.3) is 34.0 Å². The van der Waals surface area contributed by atoms with E-state index in [9.17, 15) is 9.18 Å². The lowest BCUT2D eigenvalue weighted by molar-refractivity contribution is 0.0692. The number of aromatic carboxylic acids is 1. The summed E-state index contributed by atoms with van der Waals surface area (Å²) >= 11 is 0. The first-order chi connectivity index (χ1) is 16.0. The minimum atomic E-state index is -1.34. The van der Waals surface area contributed by atoms with Crippen molar-refractivity contribution in [3.05, 3.63) is 77.6 Å². The molecule has 0 saturated carbocycles. The number of hydrogen-bond donors (Lipinski definition) is 1. The number of rotatable bonds is 8. The van der Waals surface area contributed by atoms with Gasteiger partial charge in [-0.1, -0.05) is 29.4 Å². The van der Waals surface area contributed by atoms with Crippen molar-refractivity contribution in [2.24, 2.45) is 0 Å². The molecule has 0 aliphatic carbocycles. The summed E-state index contributed by atoms with van der Waals surface area (Å²) in [7, 11) is 1.60. The fraction of sp³-hybridized carbons (Fsp3) is 0.160. The summed E-state index contributed by atoms with van der Waals surface area (Å²) in [5.41, 5.74) is 3.57. The largest absolute Gasteiger partial charge is 0.491 e. The second-order valence-electron chi connectivity index (χ2n) is 7.29. The minimum absolute atomic E-state index is 0.144. The summed E-state index contributed by atoms with van der Waals surface area (Å²) in [6.07, 6.45) is 0. The number of benzene rings is 3. The third-order valence-electron chi connectivity index (χ3n) is 5.09. The first-order valence-electron chi connectivity index (χ1n) is 10.2. The average molecular weight is 448 g/mol. The van der Waals surface area contributed by atoms with Crippen molar-refractivity contribution in [3.8, 4) is 39.7 Å². The van der Waals surface area contributed by atoms with Crippen LogP contribution in [0.3, 0.4) is 0 Å². The van der Waals surface area contributed by atoms with Gasteiger partial charge in [0.1, 0.15) is 18.2 Å².